The van der Waals surface area contributed by atoms with Crippen molar-refractivity contribution >= 4 is 6.09 Å². The third-order valence-corrected chi connectivity index (χ3v) is 3.90. The van der Waals surface area contributed by atoms with E-state index in [9.17, 15) is 4.79 Å². The summed E-state index contributed by atoms with van der Waals surface area (Å²) < 4.78 is 10.7. The minimum Gasteiger partial charge on any atom is -0.445 e. The smallest absolute Gasteiger partial charge is 0.410 e. The summed E-state index contributed by atoms with van der Waals surface area (Å²) in [5, 5.41) is 0. The van der Waals surface area contributed by atoms with Gasteiger partial charge in [0.2, 0.25) is 0 Å². The third kappa shape index (κ3) is 3.11. The highest BCUT2D eigenvalue weighted by Crippen LogP contribution is 2.30. The molecule has 0 unspecified atom stereocenters. The summed E-state index contributed by atoms with van der Waals surface area (Å²) in [4.78, 5) is 13.9. The summed E-state index contributed by atoms with van der Waals surface area (Å²) in [7, 11) is 1.65. The van der Waals surface area contributed by atoms with E-state index in [0.29, 0.717) is 13.1 Å². The number of hydrogen-bond acceptors (Lipinski definition) is 4. The van der Waals surface area contributed by atoms with Gasteiger partial charge < -0.3 is 15.2 Å². The standard InChI is InChI=1S/C15H22N2O3/c1-15(11-16)8-13(19-2)9-17(15)14(18)20-10-12-6-4-3-5-7-12/h3-7,13H,8-11,16H2,1-2H3/t13-,15-/m0/s1. The molecule has 0 aromatic heterocycles. The van der Waals surface area contributed by atoms with Crippen molar-refractivity contribution in [3.63, 3.8) is 0 Å². The number of carbonyl (C=O) groups excluding carboxylic acids is 1. The van der Waals surface area contributed by atoms with Crippen LogP contribution < -0.4 is 5.73 Å². The van der Waals surface area contributed by atoms with Crippen LogP contribution in [0.5, 0.6) is 0 Å². The summed E-state index contributed by atoms with van der Waals surface area (Å²) >= 11 is 0. The first kappa shape index (κ1) is 14.8. The highest BCUT2D eigenvalue weighted by Gasteiger charge is 2.44. The van der Waals surface area contributed by atoms with E-state index >= 15 is 0 Å². The maximum atomic E-state index is 12.2. The van der Waals surface area contributed by atoms with Crippen LogP contribution in [0.25, 0.3) is 0 Å². The summed E-state index contributed by atoms with van der Waals surface area (Å²) in [5.74, 6) is 0. The predicted molar refractivity (Wildman–Crippen MR) is 76.2 cm³/mol. The van der Waals surface area contributed by atoms with Gasteiger partial charge in [-0.2, -0.15) is 0 Å². The molecule has 5 nitrogen and oxygen atoms in total. The minimum atomic E-state index is -0.394. The lowest BCUT2D eigenvalue weighted by Crippen LogP contribution is -2.50. The molecule has 0 saturated carbocycles. The van der Waals surface area contributed by atoms with Gasteiger partial charge in [0, 0.05) is 13.7 Å². The van der Waals surface area contributed by atoms with Gasteiger partial charge in [0.15, 0.2) is 0 Å². The molecular weight excluding hydrogens is 256 g/mol. The molecule has 0 radical (unpaired) electrons. The molecular formula is C15H22N2O3. The molecule has 1 saturated heterocycles. The number of nitrogens with two attached hydrogens (primary N) is 1. The quantitative estimate of drug-likeness (QED) is 0.911. The van der Waals surface area contributed by atoms with Crippen LogP contribution in [0.3, 0.4) is 0 Å². The summed E-state index contributed by atoms with van der Waals surface area (Å²) in [6, 6.07) is 9.63. The Morgan fingerprint density at radius 3 is 2.75 bits per heavy atom. The molecule has 2 N–H and O–H groups in total. The van der Waals surface area contributed by atoms with Crippen LogP contribution in [0.15, 0.2) is 30.3 Å². The zero-order chi connectivity index (χ0) is 14.6. The molecule has 2 atom stereocenters. The molecule has 20 heavy (non-hydrogen) atoms. The Labute approximate surface area is 119 Å². The van der Waals surface area contributed by atoms with E-state index in [0.717, 1.165) is 12.0 Å². The van der Waals surface area contributed by atoms with E-state index < -0.39 is 5.54 Å². The number of nitrogens with zero attached hydrogens (tertiary/aromatic N) is 1. The van der Waals surface area contributed by atoms with Crippen molar-refractivity contribution in [1.29, 1.82) is 0 Å². The highest BCUT2D eigenvalue weighted by molar-refractivity contribution is 5.69. The lowest BCUT2D eigenvalue weighted by Gasteiger charge is -2.32. The zero-order valence-electron chi connectivity index (χ0n) is 12.0. The van der Waals surface area contributed by atoms with Crippen molar-refractivity contribution in [1.82, 2.24) is 4.90 Å². The maximum absolute atomic E-state index is 12.2. The average molecular weight is 278 g/mol. The topological polar surface area (TPSA) is 64.8 Å². The summed E-state index contributed by atoms with van der Waals surface area (Å²) in [6.07, 6.45) is 0.426. The van der Waals surface area contributed by atoms with Gasteiger partial charge in [-0.25, -0.2) is 4.79 Å². The molecule has 1 aromatic rings. The SMILES string of the molecule is CO[C@@H]1CN(C(=O)OCc2ccccc2)[C@](C)(CN)C1. The third-order valence-electron chi connectivity index (χ3n) is 3.90. The lowest BCUT2D eigenvalue weighted by molar-refractivity contribution is 0.0683. The van der Waals surface area contributed by atoms with Crippen molar-refractivity contribution in [2.75, 3.05) is 20.2 Å². The van der Waals surface area contributed by atoms with E-state index in [-0.39, 0.29) is 18.8 Å². The first-order chi connectivity index (χ1) is 9.59. The number of hydrogen-bond donors (Lipinski definition) is 1. The van der Waals surface area contributed by atoms with Crippen LogP contribution >= 0.6 is 0 Å². The second kappa shape index (κ2) is 6.24. The van der Waals surface area contributed by atoms with Gasteiger partial charge in [0.1, 0.15) is 6.61 Å². The second-order valence-corrected chi connectivity index (χ2v) is 5.41. The van der Waals surface area contributed by atoms with Crippen molar-refractivity contribution in [2.45, 2.75) is 31.6 Å². The Bertz CT molecular complexity index is 452. The number of benzene rings is 1. The molecule has 5 heteroatoms. The number of likely N-dealkylation sites (tertiary alicyclic amines) is 1. The molecule has 0 bridgehead atoms. The first-order valence-corrected chi connectivity index (χ1v) is 6.80. The van der Waals surface area contributed by atoms with E-state index in [1.54, 1.807) is 12.0 Å². The van der Waals surface area contributed by atoms with Crippen LogP contribution in [0.4, 0.5) is 4.79 Å². The number of rotatable bonds is 4. The van der Waals surface area contributed by atoms with Gasteiger partial charge in [0.25, 0.3) is 0 Å². The van der Waals surface area contributed by atoms with E-state index in [4.69, 9.17) is 15.2 Å². The second-order valence-electron chi connectivity index (χ2n) is 5.41. The fourth-order valence-electron chi connectivity index (χ4n) is 2.53. The van der Waals surface area contributed by atoms with Crippen LogP contribution in [0.2, 0.25) is 0 Å². The van der Waals surface area contributed by atoms with Crippen LogP contribution in [0, 0.1) is 0 Å². The molecule has 1 aromatic carbocycles. The number of amides is 1. The number of carbonyl (C=O) groups is 1. The number of methoxy groups -OCH3 is 1. The summed E-state index contributed by atoms with van der Waals surface area (Å²) in [6.45, 7) is 3.16. The number of ether oxygens (including phenoxy) is 2. The molecule has 0 aliphatic carbocycles. The van der Waals surface area contributed by atoms with Crippen molar-refractivity contribution in [3.8, 4) is 0 Å². The minimum absolute atomic E-state index is 0.0211. The first-order valence-electron chi connectivity index (χ1n) is 6.80. The predicted octanol–water partition coefficient (Wildman–Crippen LogP) is 1.76. The van der Waals surface area contributed by atoms with Crippen LogP contribution in [-0.4, -0.2) is 42.8 Å². The largest absolute Gasteiger partial charge is 0.445 e. The van der Waals surface area contributed by atoms with E-state index in [2.05, 4.69) is 0 Å². The normalized spacial score (nSPS) is 25.8. The average Bonchev–Trinajstić information content (AvgIpc) is 2.84. The van der Waals surface area contributed by atoms with Gasteiger partial charge in [-0.15, -0.1) is 0 Å². The molecule has 1 heterocycles. The Morgan fingerprint density at radius 2 is 2.15 bits per heavy atom. The van der Waals surface area contributed by atoms with Crippen LogP contribution in [-0.2, 0) is 16.1 Å². The van der Waals surface area contributed by atoms with Gasteiger partial charge in [-0.1, -0.05) is 30.3 Å². The van der Waals surface area contributed by atoms with Gasteiger partial charge in [-0.3, -0.25) is 4.90 Å². The Morgan fingerprint density at radius 1 is 1.45 bits per heavy atom. The van der Waals surface area contributed by atoms with Crippen molar-refractivity contribution in [2.24, 2.45) is 5.73 Å². The highest BCUT2D eigenvalue weighted by atomic mass is 16.6. The molecule has 1 amide bonds. The van der Waals surface area contributed by atoms with Crippen molar-refractivity contribution < 1.29 is 14.3 Å². The van der Waals surface area contributed by atoms with Gasteiger partial charge in [0.05, 0.1) is 18.2 Å². The Hall–Kier alpha value is -1.59. The molecule has 1 aliphatic rings. The zero-order valence-corrected chi connectivity index (χ0v) is 12.0. The monoisotopic (exact) mass is 278 g/mol. The fourth-order valence-corrected chi connectivity index (χ4v) is 2.53. The molecule has 1 aliphatic heterocycles. The van der Waals surface area contributed by atoms with Gasteiger partial charge >= 0.3 is 6.09 Å². The van der Waals surface area contributed by atoms with E-state index in [1.165, 1.54) is 0 Å². The van der Waals surface area contributed by atoms with Crippen molar-refractivity contribution in [3.05, 3.63) is 35.9 Å². The molecule has 110 valence electrons. The molecule has 1 fully saturated rings. The molecule has 2 rings (SSSR count). The Balaban J connectivity index is 1.97. The lowest BCUT2D eigenvalue weighted by atomic mass is 9.99. The van der Waals surface area contributed by atoms with E-state index in [1.807, 2.05) is 37.3 Å². The van der Waals surface area contributed by atoms with Crippen LogP contribution in [0.1, 0.15) is 18.9 Å². The molecule has 0 spiro atoms. The van der Waals surface area contributed by atoms with Gasteiger partial charge in [-0.05, 0) is 18.9 Å². The fraction of sp³-hybridized carbons (Fsp3) is 0.533. The maximum Gasteiger partial charge on any atom is 0.410 e. The summed E-state index contributed by atoms with van der Waals surface area (Å²) in [5.41, 5.74) is 6.39. The Kier molecular flexibility index (Phi) is 4.62.